The first-order valence-corrected chi connectivity index (χ1v) is 8.41. The molecule has 0 fully saturated rings. The van der Waals surface area contributed by atoms with E-state index in [-0.39, 0.29) is 10.9 Å². The van der Waals surface area contributed by atoms with Gasteiger partial charge >= 0.3 is 0 Å². The van der Waals surface area contributed by atoms with Crippen molar-refractivity contribution in [2.45, 2.75) is 51.7 Å². The van der Waals surface area contributed by atoms with Crippen molar-refractivity contribution >= 4 is 15.9 Å². The van der Waals surface area contributed by atoms with Gasteiger partial charge in [-0.25, -0.2) is 13.1 Å². The molecule has 0 unspecified atom stereocenters. The van der Waals surface area contributed by atoms with Crippen LogP contribution in [0.15, 0.2) is 21.6 Å². The third-order valence-corrected chi connectivity index (χ3v) is 4.15. The first-order valence-electron chi connectivity index (χ1n) is 6.93. The van der Waals surface area contributed by atoms with Crippen LogP contribution in [-0.2, 0) is 10.0 Å². The Morgan fingerprint density at radius 2 is 1.90 bits per heavy atom. The van der Waals surface area contributed by atoms with Gasteiger partial charge in [-0.1, -0.05) is 13.8 Å². The normalized spacial score (nSPS) is 12.7. The van der Waals surface area contributed by atoms with E-state index in [4.69, 9.17) is 4.42 Å². The van der Waals surface area contributed by atoms with Crippen LogP contribution in [0.3, 0.4) is 0 Å². The fourth-order valence-electron chi connectivity index (χ4n) is 1.60. The number of hydrogen-bond acceptors (Lipinski definition) is 4. The standard InChI is InChI=1S/C14H24N2O4S/c1-10(2)8-9-15-13(17)11-6-7-12(20-11)21(18,19)16-14(3,4)5/h6-7,10,16H,8-9H2,1-5H3,(H,15,17). The van der Waals surface area contributed by atoms with Crippen molar-refractivity contribution < 1.29 is 17.6 Å². The van der Waals surface area contributed by atoms with E-state index in [0.29, 0.717) is 12.5 Å². The highest BCUT2D eigenvalue weighted by atomic mass is 32.2. The summed E-state index contributed by atoms with van der Waals surface area (Å²) >= 11 is 0. The Morgan fingerprint density at radius 3 is 2.43 bits per heavy atom. The maximum atomic E-state index is 12.1. The number of nitrogens with one attached hydrogen (secondary N) is 2. The second-order valence-electron chi connectivity index (χ2n) is 6.41. The van der Waals surface area contributed by atoms with Crippen LogP contribution in [0.25, 0.3) is 0 Å². The van der Waals surface area contributed by atoms with Gasteiger partial charge in [-0.2, -0.15) is 0 Å². The molecule has 0 saturated carbocycles. The second kappa shape index (κ2) is 6.62. The molecule has 6 nitrogen and oxygen atoms in total. The summed E-state index contributed by atoms with van der Waals surface area (Å²) in [7, 11) is -3.76. The number of hydrogen-bond donors (Lipinski definition) is 2. The molecule has 0 aliphatic carbocycles. The van der Waals surface area contributed by atoms with E-state index < -0.39 is 21.5 Å². The Bertz CT molecular complexity index is 582. The summed E-state index contributed by atoms with van der Waals surface area (Å²) in [5.41, 5.74) is -0.620. The van der Waals surface area contributed by atoms with Gasteiger partial charge in [0, 0.05) is 12.1 Å². The topological polar surface area (TPSA) is 88.4 Å². The molecule has 0 radical (unpaired) electrons. The van der Waals surface area contributed by atoms with Gasteiger partial charge in [0.05, 0.1) is 0 Å². The highest BCUT2D eigenvalue weighted by Gasteiger charge is 2.26. The van der Waals surface area contributed by atoms with E-state index in [2.05, 4.69) is 23.9 Å². The number of furan rings is 1. The van der Waals surface area contributed by atoms with Gasteiger partial charge in [-0.05, 0) is 45.2 Å². The fourth-order valence-corrected chi connectivity index (χ4v) is 2.95. The summed E-state index contributed by atoms with van der Waals surface area (Å²) < 4.78 is 31.7. The molecular formula is C14H24N2O4S. The SMILES string of the molecule is CC(C)CCNC(=O)c1ccc(S(=O)(=O)NC(C)(C)C)o1. The zero-order valence-electron chi connectivity index (χ0n) is 13.2. The summed E-state index contributed by atoms with van der Waals surface area (Å²) in [4.78, 5) is 11.8. The number of rotatable bonds is 6. The Balaban J connectivity index is 2.75. The van der Waals surface area contributed by atoms with Crippen molar-refractivity contribution in [3.05, 3.63) is 17.9 Å². The predicted octanol–water partition coefficient (Wildman–Crippen LogP) is 2.13. The summed E-state index contributed by atoms with van der Waals surface area (Å²) in [6, 6.07) is 2.65. The van der Waals surface area contributed by atoms with E-state index in [9.17, 15) is 13.2 Å². The molecule has 0 saturated heterocycles. The summed E-state index contributed by atoms with van der Waals surface area (Å²) in [6.07, 6.45) is 0.850. The minimum Gasteiger partial charge on any atom is -0.438 e. The largest absolute Gasteiger partial charge is 0.438 e. The van der Waals surface area contributed by atoms with Crippen molar-refractivity contribution in [1.82, 2.24) is 10.0 Å². The van der Waals surface area contributed by atoms with Crippen LogP contribution in [0, 0.1) is 5.92 Å². The molecule has 1 aromatic rings. The third-order valence-electron chi connectivity index (χ3n) is 2.52. The van der Waals surface area contributed by atoms with Crippen LogP contribution >= 0.6 is 0 Å². The van der Waals surface area contributed by atoms with E-state index >= 15 is 0 Å². The van der Waals surface area contributed by atoms with Crippen molar-refractivity contribution in [2.24, 2.45) is 5.92 Å². The Morgan fingerprint density at radius 1 is 1.29 bits per heavy atom. The molecule has 1 aromatic heterocycles. The van der Waals surface area contributed by atoms with E-state index in [1.165, 1.54) is 12.1 Å². The number of carbonyl (C=O) groups excluding carboxylic acids is 1. The van der Waals surface area contributed by atoms with Crippen LogP contribution in [0.2, 0.25) is 0 Å². The van der Waals surface area contributed by atoms with Crippen LogP contribution in [0.1, 0.15) is 51.6 Å². The van der Waals surface area contributed by atoms with Gasteiger partial charge in [-0.15, -0.1) is 0 Å². The lowest BCUT2D eigenvalue weighted by atomic mass is 10.1. The average Bonchev–Trinajstić information content (AvgIpc) is 2.74. The van der Waals surface area contributed by atoms with E-state index in [1.807, 2.05) is 0 Å². The molecule has 1 heterocycles. The average molecular weight is 316 g/mol. The molecule has 0 aliphatic heterocycles. The lowest BCUT2D eigenvalue weighted by Crippen LogP contribution is -2.40. The van der Waals surface area contributed by atoms with Crippen molar-refractivity contribution in [3.63, 3.8) is 0 Å². The predicted molar refractivity (Wildman–Crippen MR) is 80.6 cm³/mol. The molecular weight excluding hydrogens is 292 g/mol. The Labute approximate surface area is 126 Å². The smallest absolute Gasteiger partial charge is 0.287 e. The minimum atomic E-state index is -3.76. The van der Waals surface area contributed by atoms with Crippen molar-refractivity contribution in [2.75, 3.05) is 6.54 Å². The van der Waals surface area contributed by atoms with Gasteiger partial charge in [0.1, 0.15) is 0 Å². The molecule has 0 atom stereocenters. The van der Waals surface area contributed by atoms with Gasteiger partial charge in [0.25, 0.3) is 15.9 Å². The Hall–Kier alpha value is -1.34. The lowest BCUT2D eigenvalue weighted by Gasteiger charge is -2.18. The molecule has 0 bridgehead atoms. The van der Waals surface area contributed by atoms with E-state index in [0.717, 1.165) is 6.42 Å². The van der Waals surface area contributed by atoms with Crippen LogP contribution in [-0.4, -0.2) is 26.4 Å². The van der Waals surface area contributed by atoms with Crippen LogP contribution in [0.4, 0.5) is 0 Å². The number of sulfonamides is 1. The lowest BCUT2D eigenvalue weighted by molar-refractivity contribution is 0.0919. The molecule has 1 rings (SSSR count). The zero-order chi connectivity index (χ0) is 16.3. The van der Waals surface area contributed by atoms with Crippen molar-refractivity contribution in [1.29, 1.82) is 0 Å². The first kappa shape index (κ1) is 17.7. The Kier molecular flexibility index (Phi) is 5.58. The van der Waals surface area contributed by atoms with Gasteiger partial charge in [-0.3, -0.25) is 4.79 Å². The van der Waals surface area contributed by atoms with Gasteiger partial charge in [0.2, 0.25) is 5.09 Å². The quantitative estimate of drug-likeness (QED) is 0.841. The third kappa shape index (κ3) is 5.89. The molecule has 0 aliphatic rings. The molecule has 1 amide bonds. The van der Waals surface area contributed by atoms with Gasteiger partial charge in [0.15, 0.2) is 5.76 Å². The van der Waals surface area contributed by atoms with Crippen LogP contribution in [0.5, 0.6) is 0 Å². The number of carbonyl (C=O) groups is 1. The summed E-state index contributed by atoms with van der Waals surface area (Å²) in [5, 5.41) is 2.44. The molecule has 21 heavy (non-hydrogen) atoms. The zero-order valence-corrected chi connectivity index (χ0v) is 14.0. The second-order valence-corrected chi connectivity index (χ2v) is 8.03. The van der Waals surface area contributed by atoms with Crippen LogP contribution < -0.4 is 10.0 Å². The maximum Gasteiger partial charge on any atom is 0.287 e. The van der Waals surface area contributed by atoms with Crippen molar-refractivity contribution in [3.8, 4) is 0 Å². The highest BCUT2D eigenvalue weighted by molar-refractivity contribution is 7.89. The molecule has 0 spiro atoms. The summed E-state index contributed by atoms with van der Waals surface area (Å²) in [6.45, 7) is 9.83. The van der Waals surface area contributed by atoms with E-state index in [1.54, 1.807) is 20.8 Å². The summed E-state index contributed by atoms with van der Waals surface area (Å²) in [5.74, 6) is 0.0646. The maximum absolute atomic E-state index is 12.1. The first-order chi connectivity index (χ1) is 9.51. The molecule has 0 aromatic carbocycles. The minimum absolute atomic E-state index is 0.00644. The monoisotopic (exact) mass is 316 g/mol. The molecule has 2 N–H and O–H groups in total. The number of amides is 1. The molecule has 7 heteroatoms. The highest BCUT2D eigenvalue weighted by Crippen LogP contribution is 2.16. The molecule has 120 valence electrons. The van der Waals surface area contributed by atoms with Gasteiger partial charge < -0.3 is 9.73 Å². The fraction of sp³-hybridized carbons (Fsp3) is 0.643.